The van der Waals surface area contributed by atoms with Crippen LogP contribution in [0.15, 0.2) is 36.5 Å². The molecule has 20 heavy (non-hydrogen) atoms. The quantitative estimate of drug-likeness (QED) is 0.616. The number of aromatic nitrogens is 1. The zero-order valence-corrected chi connectivity index (χ0v) is 11.3. The van der Waals surface area contributed by atoms with Gasteiger partial charge in [-0.2, -0.15) is 0 Å². The Kier molecular flexibility index (Phi) is 4.52. The van der Waals surface area contributed by atoms with E-state index >= 15 is 0 Å². The molecule has 0 amide bonds. The number of halogens is 4. The van der Waals surface area contributed by atoms with E-state index in [1.165, 1.54) is 36.5 Å². The van der Waals surface area contributed by atoms with Crippen molar-refractivity contribution in [1.29, 1.82) is 0 Å². The van der Waals surface area contributed by atoms with Crippen molar-refractivity contribution < 1.29 is 18.3 Å². The van der Waals surface area contributed by atoms with Gasteiger partial charge in [0, 0.05) is 11.2 Å². The minimum Gasteiger partial charge on any atom is -0.421 e. The number of hydrogen-bond acceptors (Lipinski definition) is 3. The van der Waals surface area contributed by atoms with Gasteiger partial charge in [-0.05, 0) is 30.3 Å². The van der Waals surface area contributed by atoms with Crippen LogP contribution >= 0.6 is 23.2 Å². The third kappa shape index (κ3) is 3.23. The monoisotopic (exact) mass is 317 g/mol. The Bertz CT molecular complexity index is 650. The van der Waals surface area contributed by atoms with E-state index in [0.29, 0.717) is 5.02 Å². The summed E-state index contributed by atoms with van der Waals surface area (Å²) in [6.45, 7) is 0. The van der Waals surface area contributed by atoms with E-state index in [9.17, 15) is 13.6 Å². The summed E-state index contributed by atoms with van der Waals surface area (Å²) in [5.74, 6) is -0.928. The molecule has 2 rings (SSSR count). The van der Waals surface area contributed by atoms with Gasteiger partial charge in [0.25, 0.3) is 6.43 Å². The summed E-state index contributed by atoms with van der Waals surface area (Å²) in [6.07, 6.45) is -1.70. The Hall–Kier alpha value is -1.72. The summed E-state index contributed by atoms with van der Waals surface area (Å²) >= 11 is 11.5. The van der Waals surface area contributed by atoms with Crippen molar-refractivity contribution in [1.82, 2.24) is 4.98 Å². The number of benzene rings is 1. The topological polar surface area (TPSA) is 39.2 Å². The number of pyridine rings is 1. The number of carbonyl (C=O) groups excluding carboxylic acids is 1. The molecule has 0 aliphatic heterocycles. The van der Waals surface area contributed by atoms with E-state index < -0.39 is 18.1 Å². The van der Waals surface area contributed by atoms with Crippen LogP contribution in [0.4, 0.5) is 8.78 Å². The van der Waals surface area contributed by atoms with Gasteiger partial charge in [0.1, 0.15) is 11.4 Å². The Morgan fingerprint density at radius 2 is 2.00 bits per heavy atom. The lowest BCUT2D eigenvalue weighted by atomic mass is 10.2. The average Bonchev–Trinajstić information content (AvgIpc) is 2.41. The molecule has 1 aromatic carbocycles. The highest BCUT2D eigenvalue weighted by Crippen LogP contribution is 2.29. The molecule has 3 nitrogen and oxygen atoms in total. The second-order valence-corrected chi connectivity index (χ2v) is 4.54. The summed E-state index contributed by atoms with van der Waals surface area (Å²) < 4.78 is 30.5. The summed E-state index contributed by atoms with van der Waals surface area (Å²) in [5, 5.41) is 0.470. The van der Waals surface area contributed by atoms with E-state index in [0.717, 1.165) is 0 Å². The normalized spacial score (nSPS) is 10.7. The van der Waals surface area contributed by atoms with Crippen LogP contribution < -0.4 is 4.74 Å². The van der Waals surface area contributed by atoms with Crippen LogP contribution in [0, 0.1) is 0 Å². The second kappa shape index (κ2) is 6.15. The van der Waals surface area contributed by atoms with E-state index in [1.54, 1.807) is 0 Å². The maximum Gasteiger partial charge on any atom is 0.345 e. The van der Waals surface area contributed by atoms with Gasteiger partial charge in [0.2, 0.25) is 0 Å². The van der Waals surface area contributed by atoms with E-state index in [2.05, 4.69) is 4.98 Å². The summed E-state index contributed by atoms with van der Waals surface area (Å²) in [6, 6.07) is 6.80. The molecule has 2 aromatic rings. The van der Waals surface area contributed by atoms with Crippen LogP contribution in [0.2, 0.25) is 10.0 Å². The Morgan fingerprint density at radius 3 is 2.65 bits per heavy atom. The molecule has 0 fully saturated rings. The summed E-state index contributed by atoms with van der Waals surface area (Å²) in [7, 11) is 0. The lowest BCUT2D eigenvalue weighted by Gasteiger charge is -2.09. The Balaban J connectivity index is 2.29. The van der Waals surface area contributed by atoms with Gasteiger partial charge in [-0.15, -0.1) is 0 Å². The molecule has 0 spiro atoms. The van der Waals surface area contributed by atoms with E-state index in [1.807, 2.05) is 0 Å². The highest BCUT2D eigenvalue weighted by atomic mass is 35.5. The van der Waals surface area contributed by atoms with Crippen LogP contribution in [0.3, 0.4) is 0 Å². The van der Waals surface area contributed by atoms with Crippen molar-refractivity contribution in [2.45, 2.75) is 6.43 Å². The predicted molar refractivity (Wildman–Crippen MR) is 70.6 cm³/mol. The molecule has 104 valence electrons. The van der Waals surface area contributed by atoms with Crippen molar-refractivity contribution in [2.75, 3.05) is 0 Å². The van der Waals surface area contributed by atoms with Crippen molar-refractivity contribution in [3.05, 3.63) is 57.8 Å². The Labute approximate surface area is 123 Å². The fourth-order valence-corrected chi connectivity index (χ4v) is 1.92. The molecule has 0 aliphatic carbocycles. The van der Waals surface area contributed by atoms with Gasteiger partial charge < -0.3 is 4.74 Å². The lowest BCUT2D eigenvalue weighted by Crippen LogP contribution is -2.13. The minimum atomic E-state index is -2.88. The standard InChI is InChI=1S/C13H7Cl2F2NO2/c14-7-3-4-10(9(15)6-7)20-13(19)8-2-1-5-18-11(8)12(16)17/h1-6,12H. The molecular formula is C13H7Cl2F2NO2. The number of esters is 1. The summed E-state index contributed by atoms with van der Waals surface area (Å²) in [5.41, 5.74) is -0.948. The third-order valence-electron chi connectivity index (χ3n) is 2.36. The fourth-order valence-electron chi connectivity index (χ4n) is 1.48. The molecular weight excluding hydrogens is 311 g/mol. The van der Waals surface area contributed by atoms with Gasteiger partial charge in [-0.1, -0.05) is 23.2 Å². The molecule has 0 saturated heterocycles. The van der Waals surface area contributed by atoms with Gasteiger partial charge in [-0.25, -0.2) is 13.6 Å². The van der Waals surface area contributed by atoms with Crippen molar-refractivity contribution in [3.8, 4) is 5.75 Å². The van der Waals surface area contributed by atoms with Crippen molar-refractivity contribution >= 4 is 29.2 Å². The Morgan fingerprint density at radius 1 is 1.25 bits per heavy atom. The zero-order chi connectivity index (χ0) is 14.7. The fraction of sp³-hybridized carbons (Fsp3) is 0.0769. The first-order chi connectivity index (χ1) is 9.49. The van der Waals surface area contributed by atoms with Gasteiger partial charge >= 0.3 is 5.97 Å². The molecule has 0 atom stereocenters. The maximum absolute atomic E-state index is 12.7. The zero-order valence-electron chi connectivity index (χ0n) is 9.82. The van der Waals surface area contributed by atoms with Gasteiger partial charge in [0.15, 0.2) is 0 Å². The molecule has 0 bridgehead atoms. The molecule has 0 radical (unpaired) electrons. The number of rotatable bonds is 3. The van der Waals surface area contributed by atoms with Crippen molar-refractivity contribution in [3.63, 3.8) is 0 Å². The molecule has 0 aliphatic rings. The smallest absolute Gasteiger partial charge is 0.345 e. The molecule has 1 aromatic heterocycles. The molecule has 7 heteroatoms. The summed E-state index contributed by atoms with van der Waals surface area (Å²) in [4.78, 5) is 15.4. The second-order valence-electron chi connectivity index (χ2n) is 3.70. The van der Waals surface area contributed by atoms with E-state index in [-0.39, 0.29) is 16.3 Å². The lowest BCUT2D eigenvalue weighted by molar-refractivity contribution is 0.0720. The van der Waals surface area contributed by atoms with Crippen LogP contribution in [0.5, 0.6) is 5.75 Å². The first kappa shape index (κ1) is 14.7. The highest BCUT2D eigenvalue weighted by molar-refractivity contribution is 6.35. The highest BCUT2D eigenvalue weighted by Gasteiger charge is 2.21. The molecule has 0 N–H and O–H groups in total. The van der Waals surface area contributed by atoms with E-state index in [4.69, 9.17) is 27.9 Å². The van der Waals surface area contributed by atoms with Crippen LogP contribution in [-0.2, 0) is 0 Å². The van der Waals surface area contributed by atoms with Gasteiger partial charge in [-0.3, -0.25) is 4.98 Å². The van der Waals surface area contributed by atoms with Crippen LogP contribution in [0.25, 0.3) is 0 Å². The number of hydrogen-bond donors (Lipinski definition) is 0. The predicted octanol–water partition coefficient (Wildman–Crippen LogP) is 4.55. The molecule has 1 heterocycles. The SMILES string of the molecule is O=C(Oc1ccc(Cl)cc1Cl)c1cccnc1C(F)F. The first-order valence-corrected chi connectivity index (χ1v) is 6.15. The number of carbonyl (C=O) groups is 1. The number of nitrogens with zero attached hydrogens (tertiary/aromatic N) is 1. The third-order valence-corrected chi connectivity index (χ3v) is 2.89. The first-order valence-electron chi connectivity index (χ1n) is 5.39. The largest absolute Gasteiger partial charge is 0.421 e. The van der Waals surface area contributed by atoms with Crippen LogP contribution in [0.1, 0.15) is 22.5 Å². The maximum atomic E-state index is 12.7. The van der Waals surface area contributed by atoms with Crippen LogP contribution in [-0.4, -0.2) is 11.0 Å². The minimum absolute atomic E-state index is 0.0325. The number of ether oxygens (including phenoxy) is 1. The average molecular weight is 318 g/mol. The number of alkyl halides is 2. The van der Waals surface area contributed by atoms with Gasteiger partial charge in [0.05, 0.1) is 10.6 Å². The molecule has 0 saturated carbocycles. The van der Waals surface area contributed by atoms with Crippen molar-refractivity contribution in [2.24, 2.45) is 0 Å². The molecule has 0 unspecified atom stereocenters.